The number of hydrogen-bond donors (Lipinski definition) is 1. The minimum atomic E-state index is -0.155. The van der Waals surface area contributed by atoms with Crippen molar-refractivity contribution < 1.29 is 14.3 Å². The minimum absolute atomic E-state index is 0. The number of ether oxygens (including phenoxy) is 1. The lowest BCUT2D eigenvalue weighted by Crippen LogP contribution is -2.41. The molecule has 1 saturated heterocycles. The minimum Gasteiger partial charge on any atom is -0.497 e. The Morgan fingerprint density at radius 3 is 2.35 bits per heavy atom. The standard InChI is InChI=1S/C19H29N3O3.ClH/c1-15(14-20)19(24)22-11-3-10-21(12-13-22)18(23)9-6-16-4-7-17(25-2)8-5-16;/h4-5,7-8,15H,3,6,9-14,20H2,1-2H3;1H. The van der Waals surface area contributed by atoms with Crippen molar-refractivity contribution in [3.05, 3.63) is 29.8 Å². The highest BCUT2D eigenvalue weighted by molar-refractivity contribution is 5.85. The lowest BCUT2D eigenvalue weighted by atomic mass is 10.1. The van der Waals surface area contributed by atoms with Gasteiger partial charge in [0.1, 0.15) is 5.75 Å². The molecule has 0 radical (unpaired) electrons. The van der Waals surface area contributed by atoms with Crippen molar-refractivity contribution in [3.8, 4) is 5.75 Å². The second kappa shape index (κ2) is 11.0. The number of benzene rings is 1. The van der Waals surface area contributed by atoms with Gasteiger partial charge in [0.05, 0.1) is 7.11 Å². The maximum Gasteiger partial charge on any atom is 0.226 e. The maximum atomic E-state index is 12.5. The highest BCUT2D eigenvalue weighted by Crippen LogP contribution is 2.14. The molecule has 1 aromatic carbocycles. The molecule has 0 saturated carbocycles. The molecule has 1 aromatic rings. The van der Waals surface area contributed by atoms with Gasteiger partial charge in [0.2, 0.25) is 11.8 Å². The SMILES string of the molecule is COc1ccc(CCC(=O)N2CCCN(C(=O)C(C)CN)CC2)cc1.Cl. The van der Waals surface area contributed by atoms with Crippen molar-refractivity contribution in [2.75, 3.05) is 39.8 Å². The fourth-order valence-corrected chi connectivity index (χ4v) is 3.00. The molecule has 2 N–H and O–H groups in total. The first-order valence-corrected chi connectivity index (χ1v) is 8.94. The van der Waals surface area contributed by atoms with Crippen LogP contribution in [0.2, 0.25) is 0 Å². The number of amides is 2. The lowest BCUT2D eigenvalue weighted by molar-refractivity contribution is -0.135. The summed E-state index contributed by atoms with van der Waals surface area (Å²) in [5, 5.41) is 0. The number of halogens is 1. The van der Waals surface area contributed by atoms with E-state index in [2.05, 4.69) is 0 Å². The Morgan fingerprint density at radius 1 is 1.12 bits per heavy atom. The summed E-state index contributed by atoms with van der Waals surface area (Å²) in [7, 11) is 1.64. The van der Waals surface area contributed by atoms with Crippen LogP contribution in [0, 0.1) is 5.92 Å². The monoisotopic (exact) mass is 383 g/mol. The Kier molecular flexibility index (Phi) is 9.44. The van der Waals surface area contributed by atoms with E-state index in [0.717, 1.165) is 17.7 Å². The van der Waals surface area contributed by atoms with Gasteiger partial charge in [-0.2, -0.15) is 0 Å². The molecule has 2 amide bonds. The zero-order chi connectivity index (χ0) is 18.2. The smallest absolute Gasteiger partial charge is 0.226 e. The fourth-order valence-electron chi connectivity index (χ4n) is 3.00. The van der Waals surface area contributed by atoms with Gasteiger partial charge in [-0.05, 0) is 30.5 Å². The summed E-state index contributed by atoms with van der Waals surface area (Å²) in [4.78, 5) is 28.5. The molecule has 1 aliphatic rings. The van der Waals surface area contributed by atoms with Crippen molar-refractivity contribution in [3.63, 3.8) is 0 Å². The van der Waals surface area contributed by atoms with Crippen LogP contribution in [0.25, 0.3) is 0 Å². The molecule has 1 fully saturated rings. The lowest BCUT2D eigenvalue weighted by Gasteiger charge is -2.24. The molecule has 26 heavy (non-hydrogen) atoms. The number of nitrogens with zero attached hydrogens (tertiary/aromatic N) is 2. The Bertz CT molecular complexity index is 580. The van der Waals surface area contributed by atoms with Gasteiger partial charge in [-0.3, -0.25) is 9.59 Å². The molecule has 1 heterocycles. The molecule has 6 nitrogen and oxygen atoms in total. The zero-order valence-corrected chi connectivity index (χ0v) is 16.5. The van der Waals surface area contributed by atoms with Gasteiger partial charge in [0, 0.05) is 45.1 Å². The van der Waals surface area contributed by atoms with E-state index in [4.69, 9.17) is 10.5 Å². The summed E-state index contributed by atoms with van der Waals surface area (Å²) >= 11 is 0. The average Bonchev–Trinajstić information content (AvgIpc) is 2.91. The first-order chi connectivity index (χ1) is 12.0. The van der Waals surface area contributed by atoms with E-state index in [1.54, 1.807) is 7.11 Å². The highest BCUT2D eigenvalue weighted by Gasteiger charge is 2.24. The van der Waals surface area contributed by atoms with Crippen LogP contribution >= 0.6 is 12.4 Å². The number of methoxy groups -OCH3 is 1. The van der Waals surface area contributed by atoms with E-state index < -0.39 is 0 Å². The topological polar surface area (TPSA) is 75.9 Å². The number of rotatable bonds is 6. The van der Waals surface area contributed by atoms with Gasteiger partial charge in [-0.15, -0.1) is 12.4 Å². The van der Waals surface area contributed by atoms with Gasteiger partial charge < -0.3 is 20.3 Å². The van der Waals surface area contributed by atoms with Crippen LogP contribution in [-0.4, -0.2) is 61.4 Å². The number of nitrogens with two attached hydrogens (primary N) is 1. The first-order valence-electron chi connectivity index (χ1n) is 8.94. The largest absolute Gasteiger partial charge is 0.497 e. The number of aryl methyl sites for hydroxylation is 1. The van der Waals surface area contributed by atoms with Gasteiger partial charge in [0.15, 0.2) is 0 Å². The maximum absolute atomic E-state index is 12.5. The van der Waals surface area contributed by atoms with Gasteiger partial charge in [-0.1, -0.05) is 19.1 Å². The average molecular weight is 384 g/mol. The van der Waals surface area contributed by atoms with E-state index in [9.17, 15) is 9.59 Å². The quantitative estimate of drug-likeness (QED) is 0.811. The Labute approximate surface area is 162 Å². The van der Waals surface area contributed by atoms with Gasteiger partial charge in [-0.25, -0.2) is 0 Å². The summed E-state index contributed by atoms with van der Waals surface area (Å²) < 4.78 is 5.14. The summed E-state index contributed by atoms with van der Waals surface area (Å²) in [6, 6.07) is 7.80. The molecule has 0 bridgehead atoms. The second-order valence-corrected chi connectivity index (χ2v) is 6.54. The molecule has 0 aromatic heterocycles. The van der Waals surface area contributed by atoms with Crippen LogP contribution < -0.4 is 10.5 Å². The summed E-state index contributed by atoms with van der Waals surface area (Å²) in [5.41, 5.74) is 6.71. The van der Waals surface area contributed by atoms with Crippen molar-refractivity contribution in [2.24, 2.45) is 11.7 Å². The molecule has 1 atom stereocenters. The second-order valence-electron chi connectivity index (χ2n) is 6.54. The van der Waals surface area contributed by atoms with Crippen LogP contribution in [0.4, 0.5) is 0 Å². The van der Waals surface area contributed by atoms with E-state index >= 15 is 0 Å². The molecule has 1 unspecified atom stereocenters. The van der Waals surface area contributed by atoms with Crippen LogP contribution in [-0.2, 0) is 16.0 Å². The number of carbonyl (C=O) groups is 2. The third-order valence-corrected chi connectivity index (χ3v) is 4.72. The third-order valence-electron chi connectivity index (χ3n) is 4.72. The molecule has 7 heteroatoms. The van der Waals surface area contributed by atoms with Crippen molar-refractivity contribution in [1.82, 2.24) is 9.80 Å². The van der Waals surface area contributed by atoms with Crippen LogP contribution in [0.15, 0.2) is 24.3 Å². The third kappa shape index (κ3) is 6.18. The Morgan fingerprint density at radius 2 is 1.73 bits per heavy atom. The van der Waals surface area contributed by atoms with Gasteiger partial charge >= 0.3 is 0 Å². The predicted octanol–water partition coefficient (Wildman–Crippen LogP) is 1.71. The Balaban J connectivity index is 0.00000338. The van der Waals surface area contributed by atoms with E-state index in [0.29, 0.717) is 45.6 Å². The molecule has 0 spiro atoms. The molecular weight excluding hydrogens is 354 g/mol. The molecular formula is C19H30ClN3O3. The van der Waals surface area contributed by atoms with Crippen molar-refractivity contribution >= 4 is 24.2 Å². The van der Waals surface area contributed by atoms with Crippen LogP contribution in [0.5, 0.6) is 5.75 Å². The molecule has 2 rings (SSSR count). The summed E-state index contributed by atoms with van der Waals surface area (Å²) in [6.45, 7) is 4.82. The molecule has 146 valence electrons. The Hall–Kier alpha value is -1.79. The molecule has 0 aliphatic carbocycles. The van der Waals surface area contributed by atoms with E-state index in [1.165, 1.54) is 0 Å². The highest BCUT2D eigenvalue weighted by atomic mass is 35.5. The summed E-state index contributed by atoms with van der Waals surface area (Å²) in [5.74, 6) is 0.906. The summed E-state index contributed by atoms with van der Waals surface area (Å²) in [6.07, 6.45) is 2.02. The van der Waals surface area contributed by atoms with Crippen LogP contribution in [0.3, 0.4) is 0 Å². The first kappa shape index (κ1) is 22.3. The number of carbonyl (C=O) groups excluding carboxylic acids is 2. The predicted molar refractivity (Wildman–Crippen MR) is 105 cm³/mol. The van der Waals surface area contributed by atoms with E-state index in [1.807, 2.05) is 41.0 Å². The van der Waals surface area contributed by atoms with Crippen LogP contribution in [0.1, 0.15) is 25.3 Å². The number of hydrogen-bond acceptors (Lipinski definition) is 4. The van der Waals surface area contributed by atoms with Gasteiger partial charge in [0.25, 0.3) is 0 Å². The zero-order valence-electron chi connectivity index (χ0n) is 15.6. The fraction of sp³-hybridized carbons (Fsp3) is 0.579. The van der Waals surface area contributed by atoms with Crippen molar-refractivity contribution in [1.29, 1.82) is 0 Å². The molecule has 1 aliphatic heterocycles. The van der Waals surface area contributed by atoms with E-state index in [-0.39, 0.29) is 30.1 Å². The van der Waals surface area contributed by atoms with Crippen molar-refractivity contribution in [2.45, 2.75) is 26.2 Å². The normalized spacial score (nSPS) is 15.7.